The van der Waals surface area contributed by atoms with Gasteiger partial charge in [-0.05, 0) is 146 Å². The van der Waals surface area contributed by atoms with E-state index in [1.807, 2.05) is 35.6 Å². The molecule has 1 aliphatic rings. The van der Waals surface area contributed by atoms with Gasteiger partial charge in [0.15, 0.2) is 11.6 Å². The summed E-state index contributed by atoms with van der Waals surface area (Å²) in [4.78, 5) is 26.4. The average Bonchev–Trinajstić information content (AvgIpc) is 1.51. The van der Waals surface area contributed by atoms with Gasteiger partial charge < -0.3 is 13.7 Å². The largest absolute Gasteiger partial charge is 0.309 e. The average molecular weight is 1740 g/mol. The van der Waals surface area contributed by atoms with E-state index in [0.717, 1.165) is 90.1 Å². The number of fused-ring (bicyclic) bond motifs is 27. The van der Waals surface area contributed by atoms with E-state index in [9.17, 15) is 0 Å². The molecule has 0 saturated carbocycles. The summed E-state index contributed by atoms with van der Waals surface area (Å²) in [7, 11) is 0. The Hall–Kier alpha value is -17.8. The molecule has 135 heavy (non-hydrogen) atoms. The monoisotopic (exact) mass is 1740 g/mol. The zero-order valence-electron chi connectivity index (χ0n) is 73.0. The number of rotatable bonds is 10. The standard InChI is InChI=1S/C45H29N5.C40H26N2.C39H23N3S/c1-4-14-30(15-5-1)31-24-26-33(27-25-31)44-46-43(32-16-6-2-7-17-32)47-45(48-44)50-40-23-13-11-21-36(40)38-29-28-37-35-20-10-12-22-39(35)49(41(37)42(38)50)34-18-8-3-9-19-34;1-2-12-31(13-3-1)41-37-16-8-6-14-33(37)35-25-29(19-22-39(35)41)30-20-23-40-36(26-30)34-15-7-9-17-38(34)42(40)32-21-18-27-10-4-5-11-28(27)24-32;1-2-12-23(13-3-1)35-30-22-24-14-4-5-15-25(24)36(30)41-39(40-35)42-31-20-10-8-18-28(31)33-26-16-6-7-17-27(26)34-29-19-9-11-21-32(29)43-38(34)37(33)42/h1-29H;1-26H;1-21H,22H2. The van der Waals surface area contributed by atoms with E-state index in [0.29, 0.717) is 17.6 Å². The highest BCUT2D eigenvalue weighted by Gasteiger charge is 2.31. The molecule has 0 radical (unpaired) electrons. The molecule has 0 fully saturated rings. The minimum Gasteiger partial charge on any atom is -0.309 e. The summed E-state index contributed by atoms with van der Waals surface area (Å²) in [5.74, 6) is 2.54. The first-order valence-electron chi connectivity index (χ1n) is 45.9. The molecule has 0 saturated heterocycles. The fourth-order valence-electron chi connectivity index (χ4n) is 21.3. The Morgan fingerprint density at radius 2 is 0.600 bits per heavy atom. The van der Waals surface area contributed by atoms with Gasteiger partial charge in [0.2, 0.25) is 11.9 Å². The van der Waals surface area contributed by atoms with Crippen LogP contribution < -0.4 is 0 Å². The van der Waals surface area contributed by atoms with Gasteiger partial charge in [-0.25, -0.2) is 15.0 Å². The maximum atomic E-state index is 5.44. The summed E-state index contributed by atoms with van der Waals surface area (Å²) in [6, 6.07) is 164. The Bertz CT molecular complexity index is 9650. The van der Waals surface area contributed by atoms with Crippen LogP contribution in [0.15, 0.2) is 461 Å². The van der Waals surface area contributed by atoms with Gasteiger partial charge in [0, 0.05) is 121 Å². The third-order valence-electron chi connectivity index (χ3n) is 27.3. The molecule has 0 unspecified atom stereocenters. The third-order valence-corrected chi connectivity index (χ3v) is 28.5. The van der Waals surface area contributed by atoms with E-state index >= 15 is 0 Å². The van der Waals surface area contributed by atoms with Crippen molar-refractivity contribution in [1.29, 1.82) is 0 Å². The molecule has 8 heterocycles. The predicted octanol–water partition coefficient (Wildman–Crippen LogP) is 32.1. The van der Waals surface area contributed by atoms with Crippen LogP contribution in [-0.4, -0.2) is 47.8 Å². The van der Waals surface area contributed by atoms with Gasteiger partial charge in [-0.1, -0.05) is 364 Å². The number of nitrogens with zero attached hydrogens (tertiary/aromatic N) is 10. The van der Waals surface area contributed by atoms with Crippen molar-refractivity contribution in [2.24, 2.45) is 0 Å². The van der Waals surface area contributed by atoms with E-state index in [1.54, 1.807) is 0 Å². The van der Waals surface area contributed by atoms with Gasteiger partial charge in [-0.15, -0.1) is 11.3 Å². The van der Waals surface area contributed by atoms with Crippen molar-refractivity contribution in [3.05, 3.63) is 472 Å². The number of hydrogen-bond donors (Lipinski definition) is 0. The zero-order valence-corrected chi connectivity index (χ0v) is 73.8. The molecule has 10 nitrogen and oxygen atoms in total. The molecule has 0 atom stereocenters. The van der Waals surface area contributed by atoms with Crippen LogP contribution >= 0.6 is 11.3 Å². The molecule has 630 valence electrons. The van der Waals surface area contributed by atoms with Crippen LogP contribution in [0.5, 0.6) is 0 Å². The summed E-state index contributed by atoms with van der Waals surface area (Å²) in [6.45, 7) is 0. The number of hydrogen-bond acceptors (Lipinski definition) is 6. The normalized spacial score (nSPS) is 12.0. The lowest BCUT2D eigenvalue weighted by Gasteiger charge is -2.14. The first-order chi connectivity index (χ1) is 67.0. The first-order valence-corrected chi connectivity index (χ1v) is 46.7. The highest BCUT2D eigenvalue weighted by Crippen LogP contribution is 2.51. The fraction of sp³-hybridized carbons (Fsp3) is 0.00806. The zero-order chi connectivity index (χ0) is 88.7. The topological polar surface area (TPSA) is 89.1 Å². The van der Waals surface area contributed by atoms with E-state index in [4.69, 9.17) is 24.9 Å². The smallest absolute Gasteiger partial charge is 0.238 e. The Morgan fingerprint density at radius 1 is 0.207 bits per heavy atom. The molecule has 0 spiro atoms. The number of thiophene rings is 1. The van der Waals surface area contributed by atoms with Gasteiger partial charge in [0.05, 0.1) is 71.3 Å². The van der Waals surface area contributed by atoms with Gasteiger partial charge in [0.1, 0.15) is 0 Å². The molecule has 8 aromatic heterocycles. The Labute approximate surface area is 779 Å². The second-order valence-corrected chi connectivity index (χ2v) is 35.9. The van der Waals surface area contributed by atoms with Crippen LogP contribution in [0.4, 0.5) is 0 Å². The molecular weight excluding hydrogens is 1660 g/mol. The second-order valence-electron chi connectivity index (χ2n) is 34.8. The van der Waals surface area contributed by atoms with Crippen molar-refractivity contribution in [2.75, 3.05) is 0 Å². The quantitative estimate of drug-likeness (QED) is 0.136. The van der Waals surface area contributed by atoms with Crippen LogP contribution in [0.25, 0.3) is 247 Å². The highest BCUT2D eigenvalue weighted by atomic mass is 32.1. The lowest BCUT2D eigenvalue weighted by molar-refractivity contribution is 0.953. The number of para-hydroxylation sites is 7. The van der Waals surface area contributed by atoms with Crippen LogP contribution in [0.1, 0.15) is 11.1 Å². The molecule has 1 aliphatic carbocycles. The Morgan fingerprint density at radius 3 is 1.21 bits per heavy atom. The van der Waals surface area contributed by atoms with Crippen molar-refractivity contribution in [2.45, 2.75) is 6.42 Å². The van der Waals surface area contributed by atoms with Crippen LogP contribution in [-0.2, 0) is 6.42 Å². The maximum Gasteiger partial charge on any atom is 0.238 e. The molecule has 11 heteroatoms. The molecule has 20 aromatic carbocycles. The minimum absolute atomic E-state index is 0.574. The van der Waals surface area contributed by atoms with Crippen molar-refractivity contribution in [3.8, 4) is 96.5 Å². The van der Waals surface area contributed by atoms with Crippen molar-refractivity contribution in [1.82, 2.24) is 47.8 Å². The third kappa shape index (κ3) is 12.6. The molecular formula is C124H78N10S. The molecule has 0 amide bonds. The summed E-state index contributed by atoms with van der Waals surface area (Å²) in [5, 5.41) is 19.9. The fourth-order valence-corrected chi connectivity index (χ4v) is 22.5. The van der Waals surface area contributed by atoms with E-state index < -0.39 is 0 Å². The summed E-state index contributed by atoms with van der Waals surface area (Å²) in [6.07, 6.45) is 0.842. The lowest BCUT2D eigenvalue weighted by atomic mass is 9.99. The minimum atomic E-state index is 0.574. The number of aromatic nitrogens is 10. The first kappa shape index (κ1) is 77.2. The molecule has 0 aliphatic heterocycles. The molecule has 0 N–H and O–H groups in total. The van der Waals surface area contributed by atoms with E-state index in [2.05, 4.69) is 460 Å². The summed E-state index contributed by atoms with van der Waals surface area (Å²) >= 11 is 1.87. The lowest BCUT2D eigenvalue weighted by Crippen LogP contribution is -2.07. The highest BCUT2D eigenvalue weighted by molar-refractivity contribution is 7.27. The van der Waals surface area contributed by atoms with Crippen molar-refractivity contribution >= 4 is 162 Å². The number of benzene rings is 20. The van der Waals surface area contributed by atoms with Crippen LogP contribution in [0.2, 0.25) is 0 Å². The summed E-state index contributed by atoms with van der Waals surface area (Å²) in [5.41, 5.74) is 28.5. The van der Waals surface area contributed by atoms with Gasteiger partial charge in [-0.3, -0.25) is 9.13 Å². The van der Waals surface area contributed by atoms with Gasteiger partial charge >= 0.3 is 0 Å². The van der Waals surface area contributed by atoms with Gasteiger partial charge in [0.25, 0.3) is 0 Å². The predicted molar refractivity (Wildman–Crippen MR) is 563 cm³/mol. The molecule has 28 aromatic rings. The van der Waals surface area contributed by atoms with Crippen molar-refractivity contribution < 1.29 is 0 Å². The van der Waals surface area contributed by atoms with Crippen LogP contribution in [0, 0.1) is 0 Å². The summed E-state index contributed by atoms with van der Waals surface area (Å²) < 4.78 is 14.3. The van der Waals surface area contributed by atoms with Crippen molar-refractivity contribution in [3.63, 3.8) is 0 Å². The maximum absolute atomic E-state index is 5.44. The Balaban J connectivity index is 0.000000103. The van der Waals surface area contributed by atoms with Crippen LogP contribution in [0.3, 0.4) is 0 Å². The van der Waals surface area contributed by atoms with Gasteiger partial charge in [-0.2, -0.15) is 9.97 Å². The molecule has 29 rings (SSSR count). The second kappa shape index (κ2) is 31.5. The van der Waals surface area contributed by atoms with E-state index in [-0.39, 0.29) is 0 Å². The molecule has 0 bridgehead atoms. The van der Waals surface area contributed by atoms with E-state index in [1.165, 1.54) is 157 Å². The SMILES string of the molecule is c1ccc(-c2ccc(-c3nc(-c4ccccc4)nc(-n4c5ccccc5c5ccc6c7ccccc7n(-c7ccccc7)c6c54)n3)cc2)cc1.c1ccc(-c2nc(-n3c4ccccc4c4c5ccccc5c5c6ccccc6sc5c43)nc3c2Cc2ccccc2-3)cc1.c1ccc(-n2c3ccccc3c3cc(-c4ccc5c(c4)c4ccccc4n5-c4ccc5ccccc5c4)ccc32)cc1. The Kier molecular flexibility index (Phi) is 18.0.